The van der Waals surface area contributed by atoms with Gasteiger partial charge in [0.1, 0.15) is 11.5 Å². The third-order valence-electron chi connectivity index (χ3n) is 2.31. The number of halogens is 1. The fourth-order valence-electron chi connectivity index (χ4n) is 1.47. The van der Waals surface area contributed by atoms with Gasteiger partial charge in [0.15, 0.2) is 0 Å². The molecule has 0 bridgehead atoms. The van der Waals surface area contributed by atoms with Crippen molar-refractivity contribution < 1.29 is 9.21 Å². The van der Waals surface area contributed by atoms with Gasteiger partial charge in [0.25, 0.3) is 0 Å². The van der Waals surface area contributed by atoms with E-state index in [1.54, 1.807) is 18.2 Å². The number of carbonyl (C=O) groups is 1. The minimum absolute atomic E-state index is 0.124. The summed E-state index contributed by atoms with van der Waals surface area (Å²) in [6.07, 6.45) is 0. The molecule has 0 atom stereocenters. The maximum absolute atomic E-state index is 11.6. The second-order valence-corrected chi connectivity index (χ2v) is 3.77. The molecule has 1 amide bonds. The Balaban J connectivity index is 2.31. The molecule has 0 fully saturated rings. The molecule has 0 radical (unpaired) electrons. The van der Waals surface area contributed by atoms with E-state index in [1.807, 2.05) is 12.1 Å². The number of hydrogen-bond acceptors (Lipinski definition) is 3. The fourth-order valence-corrected chi connectivity index (χ4v) is 1.56. The zero-order chi connectivity index (χ0) is 12.3. The van der Waals surface area contributed by atoms with E-state index in [0.717, 1.165) is 5.39 Å². The summed E-state index contributed by atoms with van der Waals surface area (Å²) in [6, 6.07) is 8.91. The van der Waals surface area contributed by atoms with Gasteiger partial charge in [-0.05, 0) is 12.1 Å². The van der Waals surface area contributed by atoms with Gasteiger partial charge < -0.3 is 9.73 Å². The van der Waals surface area contributed by atoms with E-state index in [4.69, 9.17) is 16.0 Å². The van der Waals surface area contributed by atoms with Gasteiger partial charge in [-0.3, -0.25) is 4.79 Å². The second-order valence-electron chi connectivity index (χ2n) is 3.51. The smallest absolute Gasteiger partial charge is 0.341 e. The van der Waals surface area contributed by atoms with E-state index < -0.39 is 5.63 Å². The van der Waals surface area contributed by atoms with Crippen molar-refractivity contribution in [3.8, 4) is 0 Å². The third kappa shape index (κ3) is 2.65. The van der Waals surface area contributed by atoms with Crippen LogP contribution in [0.25, 0.3) is 11.0 Å². The van der Waals surface area contributed by atoms with E-state index in [1.165, 1.54) is 0 Å². The molecule has 17 heavy (non-hydrogen) atoms. The average molecular weight is 252 g/mol. The summed E-state index contributed by atoms with van der Waals surface area (Å²) < 4.78 is 5.12. The number of rotatable bonds is 3. The molecule has 1 heterocycles. The molecule has 2 rings (SSSR count). The maximum atomic E-state index is 11.6. The SMILES string of the molecule is O=C(CCl)NCc1cc2ccccc2oc1=O. The molecule has 4 nitrogen and oxygen atoms in total. The van der Waals surface area contributed by atoms with Crippen molar-refractivity contribution in [1.82, 2.24) is 5.32 Å². The Hall–Kier alpha value is -1.81. The molecule has 2 aromatic rings. The van der Waals surface area contributed by atoms with Crippen molar-refractivity contribution >= 4 is 28.5 Å². The first-order valence-electron chi connectivity index (χ1n) is 5.05. The van der Waals surface area contributed by atoms with Gasteiger partial charge in [-0.25, -0.2) is 4.79 Å². The topological polar surface area (TPSA) is 59.3 Å². The van der Waals surface area contributed by atoms with E-state index in [0.29, 0.717) is 11.1 Å². The molecule has 0 aliphatic heterocycles. The Bertz CT molecular complexity index is 606. The standard InChI is InChI=1S/C12H10ClNO3/c13-6-11(15)14-7-9-5-8-3-1-2-4-10(8)17-12(9)16/h1-5H,6-7H2,(H,14,15). The van der Waals surface area contributed by atoms with Crippen LogP contribution in [0.4, 0.5) is 0 Å². The lowest BCUT2D eigenvalue weighted by atomic mass is 10.2. The van der Waals surface area contributed by atoms with Gasteiger partial charge in [0, 0.05) is 5.39 Å². The first kappa shape index (κ1) is 11.7. The highest BCUT2D eigenvalue weighted by Crippen LogP contribution is 2.12. The number of para-hydroxylation sites is 1. The molecular weight excluding hydrogens is 242 g/mol. The average Bonchev–Trinajstić information content (AvgIpc) is 2.35. The number of nitrogens with one attached hydrogen (secondary N) is 1. The van der Waals surface area contributed by atoms with Crippen molar-refractivity contribution in [2.45, 2.75) is 6.54 Å². The van der Waals surface area contributed by atoms with Gasteiger partial charge in [-0.1, -0.05) is 18.2 Å². The van der Waals surface area contributed by atoms with Crippen LogP contribution >= 0.6 is 11.6 Å². The molecule has 0 aliphatic carbocycles. The summed E-state index contributed by atoms with van der Waals surface area (Å²) in [5.74, 6) is -0.446. The van der Waals surface area contributed by atoms with Gasteiger partial charge in [-0.15, -0.1) is 11.6 Å². The molecular formula is C12H10ClNO3. The first-order valence-corrected chi connectivity index (χ1v) is 5.58. The molecule has 1 N–H and O–H groups in total. The quantitative estimate of drug-likeness (QED) is 0.667. The van der Waals surface area contributed by atoms with Crippen LogP contribution < -0.4 is 10.9 Å². The Morgan fingerprint density at radius 3 is 2.88 bits per heavy atom. The summed E-state index contributed by atoms with van der Waals surface area (Å²) in [7, 11) is 0. The number of amides is 1. The van der Waals surface area contributed by atoms with Crippen molar-refractivity contribution in [2.24, 2.45) is 0 Å². The summed E-state index contributed by atoms with van der Waals surface area (Å²) >= 11 is 5.34. The van der Waals surface area contributed by atoms with E-state index >= 15 is 0 Å². The molecule has 88 valence electrons. The Labute approximate surface area is 102 Å². The van der Waals surface area contributed by atoms with Crippen LogP contribution in [0, 0.1) is 0 Å². The number of carbonyl (C=O) groups excluding carboxylic acids is 1. The minimum atomic E-state index is -0.446. The van der Waals surface area contributed by atoms with Crippen molar-refractivity contribution in [3.05, 3.63) is 46.3 Å². The zero-order valence-electron chi connectivity index (χ0n) is 8.90. The van der Waals surface area contributed by atoms with Crippen LogP contribution in [-0.4, -0.2) is 11.8 Å². The van der Waals surface area contributed by atoms with Crippen LogP contribution in [0.1, 0.15) is 5.56 Å². The van der Waals surface area contributed by atoms with Crippen LogP contribution in [0.15, 0.2) is 39.5 Å². The molecule has 0 aliphatic rings. The lowest BCUT2D eigenvalue weighted by Gasteiger charge is -2.03. The highest BCUT2D eigenvalue weighted by atomic mass is 35.5. The highest BCUT2D eigenvalue weighted by Gasteiger charge is 2.06. The molecule has 0 saturated carbocycles. The summed E-state index contributed by atoms with van der Waals surface area (Å²) in [5, 5.41) is 3.34. The van der Waals surface area contributed by atoms with Crippen LogP contribution in [0.5, 0.6) is 0 Å². The van der Waals surface area contributed by atoms with Gasteiger partial charge in [0.05, 0.1) is 12.1 Å². The Morgan fingerprint density at radius 2 is 2.12 bits per heavy atom. The minimum Gasteiger partial charge on any atom is -0.422 e. The predicted molar refractivity (Wildman–Crippen MR) is 65.1 cm³/mol. The molecule has 1 aromatic carbocycles. The summed E-state index contributed by atoms with van der Waals surface area (Å²) in [5.41, 5.74) is 0.491. The normalized spacial score (nSPS) is 10.4. The Morgan fingerprint density at radius 1 is 1.35 bits per heavy atom. The number of fused-ring (bicyclic) bond motifs is 1. The summed E-state index contributed by atoms with van der Waals surface area (Å²) in [6.45, 7) is 0.124. The van der Waals surface area contributed by atoms with Crippen LogP contribution in [0.2, 0.25) is 0 Å². The van der Waals surface area contributed by atoms with Crippen LogP contribution in [-0.2, 0) is 11.3 Å². The molecule has 0 spiro atoms. The van der Waals surface area contributed by atoms with E-state index in [9.17, 15) is 9.59 Å². The highest BCUT2D eigenvalue weighted by molar-refractivity contribution is 6.27. The van der Waals surface area contributed by atoms with Crippen molar-refractivity contribution in [2.75, 3.05) is 5.88 Å². The Kier molecular flexibility index (Phi) is 3.44. The number of hydrogen-bond donors (Lipinski definition) is 1. The summed E-state index contributed by atoms with van der Waals surface area (Å²) in [4.78, 5) is 22.6. The van der Waals surface area contributed by atoms with E-state index in [-0.39, 0.29) is 18.3 Å². The van der Waals surface area contributed by atoms with Crippen LogP contribution in [0.3, 0.4) is 0 Å². The monoisotopic (exact) mass is 251 g/mol. The molecule has 5 heteroatoms. The van der Waals surface area contributed by atoms with E-state index in [2.05, 4.69) is 5.32 Å². The molecule has 1 aromatic heterocycles. The first-order chi connectivity index (χ1) is 8.20. The molecule has 0 unspecified atom stereocenters. The van der Waals surface area contributed by atoms with Gasteiger partial charge in [-0.2, -0.15) is 0 Å². The number of alkyl halides is 1. The van der Waals surface area contributed by atoms with Gasteiger partial charge >= 0.3 is 5.63 Å². The number of benzene rings is 1. The van der Waals surface area contributed by atoms with Crippen molar-refractivity contribution in [1.29, 1.82) is 0 Å². The lowest BCUT2D eigenvalue weighted by Crippen LogP contribution is -2.26. The van der Waals surface area contributed by atoms with Crippen molar-refractivity contribution in [3.63, 3.8) is 0 Å². The third-order valence-corrected chi connectivity index (χ3v) is 2.55. The lowest BCUT2D eigenvalue weighted by molar-refractivity contribution is -0.118. The predicted octanol–water partition coefficient (Wildman–Crippen LogP) is 1.65. The largest absolute Gasteiger partial charge is 0.422 e. The fraction of sp³-hybridized carbons (Fsp3) is 0.167. The maximum Gasteiger partial charge on any atom is 0.341 e. The van der Waals surface area contributed by atoms with Gasteiger partial charge in [0.2, 0.25) is 5.91 Å². The second kappa shape index (κ2) is 5.01. The zero-order valence-corrected chi connectivity index (χ0v) is 9.66. The molecule has 0 saturated heterocycles.